The van der Waals surface area contributed by atoms with Gasteiger partial charge in [-0.15, -0.1) is 54.1 Å². The fourth-order valence-corrected chi connectivity index (χ4v) is 6.25. The number of fused-ring (bicyclic) bond motifs is 3. The van der Waals surface area contributed by atoms with Gasteiger partial charge in [-0.2, -0.15) is 0 Å². The average Bonchev–Trinajstić information content (AvgIpc) is 3.58. The zero-order valence-electron chi connectivity index (χ0n) is 28.2. The van der Waals surface area contributed by atoms with Crippen LogP contribution in [0.25, 0.3) is 77.8 Å². The van der Waals surface area contributed by atoms with E-state index in [9.17, 15) is 0 Å². The second-order valence-electron chi connectivity index (χ2n) is 12.2. The van der Waals surface area contributed by atoms with E-state index in [0.29, 0.717) is 16.7 Å². The van der Waals surface area contributed by atoms with Gasteiger partial charge in [-0.3, -0.25) is 0 Å². The maximum absolute atomic E-state index is 15.3. The number of hydrogen-bond acceptors (Lipinski definition) is 3. The molecular formula is C47H31FIrN2O-2. The van der Waals surface area contributed by atoms with E-state index in [4.69, 9.17) is 4.42 Å². The Hall–Kier alpha value is -6.00. The average molecular weight is 851 g/mol. The molecular weight excluding hydrogens is 820 g/mol. The van der Waals surface area contributed by atoms with Crippen LogP contribution in [0.5, 0.6) is 0 Å². The van der Waals surface area contributed by atoms with Crippen molar-refractivity contribution in [2.24, 2.45) is 0 Å². The topological polar surface area (TPSA) is 38.9 Å². The first-order chi connectivity index (χ1) is 25.1. The molecule has 0 N–H and O–H groups in total. The van der Waals surface area contributed by atoms with Gasteiger partial charge in [0.15, 0.2) is 0 Å². The van der Waals surface area contributed by atoms with Crippen molar-refractivity contribution in [3.8, 4) is 55.9 Å². The van der Waals surface area contributed by atoms with Crippen molar-refractivity contribution in [2.75, 3.05) is 0 Å². The predicted octanol–water partition coefficient (Wildman–Crippen LogP) is 12.4. The molecule has 0 saturated carbocycles. The summed E-state index contributed by atoms with van der Waals surface area (Å²) in [5.41, 5.74) is 11.7. The van der Waals surface area contributed by atoms with E-state index >= 15 is 4.39 Å². The molecule has 0 aliphatic rings. The number of nitrogens with zero attached hydrogens (tertiary/aromatic N) is 2. The number of pyridine rings is 2. The third kappa shape index (κ3) is 7.11. The first kappa shape index (κ1) is 34.4. The summed E-state index contributed by atoms with van der Waals surface area (Å²) in [5, 5.41) is 1.78. The largest absolute Gasteiger partial charge is 0.500 e. The fourth-order valence-electron chi connectivity index (χ4n) is 6.25. The van der Waals surface area contributed by atoms with Crippen molar-refractivity contribution >= 4 is 21.9 Å². The van der Waals surface area contributed by atoms with Gasteiger partial charge in [-0.05, 0) is 69.9 Å². The van der Waals surface area contributed by atoms with Gasteiger partial charge in [-0.25, -0.2) is 4.39 Å². The minimum absolute atomic E-state index is 0. The number of furan rings is 1. The molecule has 253 valence electrons. The van der Waals surface area contributed by atoms with Crippen LogP contribution in [0, 0.1) is 24.9 Å². The summed E-state index contributed by atoms with van der Waals surface area (Å²) < 4.78 is 21.7. The summed E-state index contributed by atoms with van der Waals surface area (Å²) >= 11 is 0. The first-order valence-corrected chi connectivity index (χ1v) is 16.8. The molecule has 3 aromatic heterocycles. The van der Waals surface area contributed by atoms with Crippen LogP contribution in [0.15, 0.2) is 175 Å². The first-order valence-electron chi connectivity index (χ1n) is 16.8. The summed E-state index contributed by atoms with van der Waals surface area (Å²) in [7, 11) is 0. The fraction of sp³-hybridized carbons (Fsp3) is 0.0213. The van der Waals surface area contributed by atoms with E-state index in [0.717, 1.165) is 50.0 Å². The Labute approximate surface area is 315 Å². The van der Waals surface area contributed by atoms with Gasteiger partial charge in [0.25, 0.3) is 0 Å². The van der Waals surface area contributed by atoms with E-state index in [1.54, 1.807) is 12.3 Å². The molecule has 0 spiro atoms. The molecule has 0 aliphatic heterocycles. The normalized spacial score (nSPS) is 10.7. The Morgan fingerprint density at radius 3 is 1.81 bits per heavy atom. The summed E-state index contributed by atoms with van der Waals surface area (Å²) in [6, 6.07) is 57.9. The minimum Gasteiger partial charge on any atom is -0.500 e. The zero-order valence-corrected chi connectivity index (χ0v) is 30.6. The van der Waals surface area contributed by atoms with Crippen LogP contribution in [0.3, 0.4) is 0 Å². The van der Waals surface area contributed by atoms with Crippen molar-refractivity contribution < 1.29 is 28.9 Å². The Morgan fingerprint density at radius 2 is 1.17 bits per heavy atom. The molecule has 0 amide bonds. The third-order valence-electron chi connectivity index (χ3n) is 8.87. The van der Waals surface area contributed by atoms with Gasteiger partial charge in [0, 0.05) is 37.9 Å². The van der Waals surface area contributed by atoms with Gasteiger partial charge in [-0.1, -0.05) is 114 Å². The predicted molar refractivity (Wildman–Crippen MR) is 205 cm³/mol. The summed E-state index contributed by atoms with van der Waals surface area (Å²) in [6.45, 7) is 2.03. The van der Waals surface area contributed by atoms with Crippen molar-refractivity contribution in [3.63, 3.8) is 0 Å². The van der Waals surface area contributed by atoms with Gasteiger partial charge in [0.1, 0.15) is 11.4 Å². The van der Waals surface area contributed by atoms with Crippen molar-refractivity contribution in [3.05, 3.63) is 194 Å². The van der Waals surface area contributed by atoms with Crippen LogP contribution in [0.1, 0.15) is 5.56 Å². The molecule has 9 aromatic rings. The second kappa shape index (κ2) is 15.5. The zero-order chi connectivity index (χ0) is 34.6. The van der Waals surface area contributed by atoms with Gasteiger partial charge in [0.05, 0.1) is 11.1 Å². The molecule has 0 bridgehead atoms. The summed E-state index contributed by atoms with van der Waals surface area (Å²) in [4.78, 5) is 8.78. The molecule has 0 aliphatic carbocycles. The molecule has 9 rings (SSSR count). The number of hydrogen-bond donors (Lipinski definition) is 0. The van der Waals surface area contributed by atoms with Crippen LogP contribution in [-0.2, 0) is 20.1 Å². The Morgan fingerprint density at radius 1 is 0.519 bits per heavy atom. The molecule has 0 atom stereocenters. The number of aromatic nitrogens is 2. The standard InChI is InChI=1S/C35H21FNO.C12H10N.Ir/c36-31-21-20-29-28-9-6-10-30(32-11-4-5-22-37-32)34(28)38-35(29)33(31)27-18-16-26(17-19-27)25-14-12-24(13-15-25)23-7-2-1-3-8-23;1-10-7-8-12(13-9-10)11-5-3-2-4-6-11;/h1-9,11-22H;2-5,7-9H,1H3;/q2*-1;. The molecule has 0 saturated heterocycles. The maximum atomic E-state index is 15.3. The van der Waals surface area contributed by atoms with E-state index in [-0.39, 0.29) is 25.9 Å². The van der Waals surface area contributed by atoms with Gasteiger partial charge in [0.2, 0.25) is 0 Å². The summed E-state index contributed by atoms with van der Waals surface area (Å²) in [5.74, 6) is -0.320. The van der Waals surface area contributed by atoms with Crippen LogP contribution in [0.4, 0.5) is 4.39 Å². The molecule has 3 heterocycles. The molecule has 1 radical (unpaired) electrons. The SMILES string of the molecule is Cc1ccc(-c2[c-]cccc2)nc1.Fc1ccc2c(oc3c(-c4ccccn4)[c-]ccc32)c1-c1ccc(-c2ccc(-c3ccccc3)cc2)cc1.[Ir]. The quantitative estimate of drug-likeness (QED) is 0.162. The van der Waals surface area contributed by atoms with Crippen LogP contribution < -0.4 is 0 Å². The molecule has 0 fully saturated rings. The Kier molecular flexibility index (Phi) is 10.3. The van der Waals surface area contributed by atoms with Crippen molar-refractivity contribution in [2.45, 2.75) is 6.92 Å². The second-order valence-corrected chi connectivity index (χ2v) is 12.2. The Balaban J connectivity index is 0.000000254. The molecule has 5 heteroatoms. The van der Waals surface area contributed by atoms with E-state index in [1.165, 1.54) is 22.8 Å². The van der Waals surface area contributed by atoms with Crippen LogP contribution in [0.2, 0.25) is 0 Å². The molecule has 6 aromatic carbocycles. The number of benzene rings is 6. The number of halogens is 1. The molecule has 3 nitrogen and oxygen atoms in total. The number of aryl methyl sites for hydroxylation is 1. The van der Waals surface area contributed by atoms with E-state index < -0.39 is 0 Å². The van der Waals surface area contributed by atoms with Crippen LogP contribution in [-0.4, -0.2) is 9.97 Å². The maximum Gasteiger partial charge on any atom is 0.134 e. The van der Waals surface area contributed by atoms with E-state index in [2.05, 4.69) is 64.6 Å². The monoisotopic (exact) mass is 851 g/mol. The van der Waals surface area contributed by atoms with Crippen molar-refractivity contribution in [1.82, 2.24) is 9.97 Å². The third-order valence-corrected chi connectivity index (χ3v) is 8.87. The summed E-state index contributed by atoms with van der Waals surface area (Å²) in [6.07, 6.45) is 3.61. The number of rotatable bonds is 5. The van der Waals surface area contributed by atoms with Gasteiger partial charge < -0.3 is 14.4 Å². The smallest absolute Gasteiger partial charge is 0.134 e. The molecule has 52 heavy (non-hydrogen) atoms. The Bertz CT molecular complexity index is 2550. The van der Waals surface area contributed by atoms with Crippen molar-refractivity contribution in [1.29, 1.82) is 0 Å². The molecule has 0 unspecified atom stereocenters. The van der Waals surface area contributed by atoms with Crippen LogP contribution >= 0.6 is 0 Å². The minimum atomic E-state index is -0.320. The van der Waals surface area contributed by atoms with Gasteiger partial charge >= 0.3 is 0 Å². The van der Waals surface area contributed by atoms with E-state index in [1.807, 2.05) is 116 Å².